The molecule has 0 spiro atoms. The van der Waals surface area contributed by atoms with E-state index in [0.29, 0.717) is 34.8 Å². The number of hydrogen-bond acceptors (Lipinski definition) is 7. The molecule has 4 aromatic carbocycles. The highest BCUT2D eigenvalue weighted by Crippen LogP contribution is 2.21. The molecule has 4 aromatic rings. The molecule has 2 N–H and O–H groups in total. The molecule has 0 aliphatic rings. The maximum atomic E-state index is 13.3. The van der Waals surface area contributed by atoms with Gasteiger partial charge in [-0.3, -0.25) is 9.59 Å². The first kappa shape index (κ1) is 34.1. The second-order valence-electron chi connectivity index (χ2n) is 10.8. The van der Waals surface area contributed by atoms with E-state index in [1.807, 2.05) is 18.2 Å². The molecule has 0 atom stereocenters. The van der Waals surface area contributed by atoms with Crippen LogP contribution in [0.1, 0.15) is 70.9 Å². The van der Waals surface area contributed by atoms with Crippen molar-refractivity contribution in [3.8, 4) is 11.5 Å². The summed E-state index contributed by atoms with van der Waals surface area (Å²) in [6, 6.07) is 30.6. The van der Waals surface area contributed by atoms with Gasteiger partial charge in [0.25, 0.3) is 5.91 Å². The Bertz CT molecular complexity index is 1530. The fourth-order valence-corrected chi connectivity index (χ4v) is 5.37. The van der Waals surface area contributed by atoms with Gasteiger partial charge in [-0.1, -0.05) is 75.1 Å². The predicted molar refractivity (Wildman–Crippen MR) is 182 cm³/mol. The summed E-state index contributed by atoms with van der Waals surface area (Å²) in [5, 5.41) is 9.47. The number of nitrogens with zero attached hydrogens (tertiary/aromatic N) is 1. The third kappa shape index (κ3) is 11.3. The van der Waals surface area contributed by atoms with Gasteiger partial charge < -0.3 is 24.2 Å². The Hall–Kier alpha value is -4.76. The predicted octanol–water partition coefficient (Wildman–Crippen LogP) is 8.24. The van der Waals surface area contributed by atoms with Crippen LogP contribution in [0.2, 0.25) is 0 Å². The fourth-order valence-electron chi connectivity index (χ4n) is 4.64. The summed E-state index contributed by atoms with van der Waals surface area (Å²) in [6.45, 7) is 2.45. The molecular formula is C37H40N2O6S. The van der Waals surface area contributed by atoms with Gasteiger partial charge in [0.2, 0.25) is 0 Å². The Morgan fingerprint density at radius 3 is 2.07 bits per heavy atom. The fraction of sp³-hybridized carbons (Fsp3) is 0.270. The molecular weight excluding hydrogens is 600 g/mol. The summed E-state index contributed by atoms with van der Waals surface area (Å²) in [5.74, 6) is -0.178. The monoisotopic (exact) mass is 640 g/mol. The van der Waals surface area contributed by atoms with Crippen molar-refractivity contribution in [1.82, 2.24) is 4.90 Å². The molecule has 4 rings (SSSR count). The number of carboxylic acids is 1. The van der Waals surface area contributed by atoms with E-state index in [9.17, 15) is 19.5 Å². The number of amides is 1. The number of rotatable bonds is 18. The molecule has 0 aliphatic carbocycles. The lowest BCUT2D eigenvalue weighted by Gasteiger charge is -2.21. The van der Waals surface area contributed by atoms with Crippen LogP contribution in [0.4, 0.5) is 5.69 Å². The van der Waals surface area contributed by atoms with Crippen molar-refractivity contribution < 1.29 is 29.0 Å². The van der Waals surface area contributed by atoms with Gasteiger partial charge in [-0.2, -0.15) is 0 Å². The van der Waals surface area contributed by atoms with Gasteiger partial charge in [-0.05, 0) is 90.2 Å². The van der Waals surface area contributed by atoms with Crippen molar-refractivity contribution in [3.05, 3.63) is 125 Å². The van der Waals surface area contributed by atoms with Crippen LogP contribution in [0.25, 0.3) is 0 Å². The third-order valence-electron chi connectivity index (χ3n) is 7.13. The van der Waals surface area contributed by atoms with Crippen LogP contribution >= 0.6 is 11.9 Å². The molecule has 8 nitrogen and oxygen atoms in total. The van der Waals surface area contributed by atoms with Crippen molar-refractivity contribution >= 4 is 35.5 Å². The normalized spacial score (nSPS) is 10.6. The summed E-state index contributed by atoms with van der Waals surface area (Å²) < 4.78 is 14.5. The van der Waals surface area contributed by atoms with E-state index in [1.165, 1.54) is 41.7 Å². The van der Waals surface area contributed by atoms with Gasteiger partial charge in [0.05, 0.1) is 12.2 Å². The van der Waals surface area contributed by atoms with E-state index in [-0.39, 0.29) is 6.54 Å². The Kier molecular flexibility index (Phi) is 13.5. The van der Waals surface area contributed by atoms with Crippen LogP contribution in [-0.4, -0.2) is 41.0 Å². The molecule has 46 heavy (non-hydrogen) atoms. The van der Waals surface area contributed by atoms with Gasteiger partial charge in [0.15, 0.2) is 0 Å². The molecule has 0 aromatic heterocycles. The smallest absolute Gasteiger partial charge is 0.343 e. The standard InChI is InChI=1S/C37H40N2O6S/c1-2-3-4-5-9-24-44-33-22-16-31(17-23-33)37(43)45-34-20-12-28(13-21-34)25-39(26-35(40)41)36(42)30-14-18-32(19-15-30)38-46-27-29-10-7-6-8-11-29/h6-8,10-23,38H,2-5,9,24-27H2,1H3,(H,40,41). The van der Waals surface area contributed by atoms with E-state index in [1.54, 1.807) is 72.8 Å². The van der Waals surface area contributed by atoms with Gasteiger partial charge in [0.1, 0.15) is 18.0 Å². The summed E-state index contributed by atoms with van der Waals surface area (Å²) >= 11 is 1.54. The first-order valence-corrected chi connectivity index (χ1v) is 16.5. The van der Waals surface area contributed by atoms with Crippen LogP contribution in [0.15, 0.2) is 103 Å². The van der Waals surface area contributed by atoms with Crippen molar-refractivity contribution in [3.63, 3.8) is 0 Å². The lowest BCUT2D eigenvalue weighted by molar-refractivity contribution is -0.137. The number of carbonyl (C=O) groups excluding carboxylic acids is 2. The highest BCUT2D eigenvalue weighted by molar-refractivity contribution is 7.99. The lowest BCUT2D eigenvalue weighted by Crippen LogP contribution is -2.35. The number of hydrogen-bond donors (Lipinski definition) is 2. The van der Waals surface area contributed by atoms with Crippen LogP contribution in [0.5, 0.6) is 11.5 Å². The number of ether oxygens (including phenoxy) is 2. The van der Waals surface area contributed by atoms with Crippen molar-refractivity contribution in [2.24, 2.45) is 0 Å². The highest BCUT2D eigenvalue weighted by atomic mass is 32.2. The second kappa shape index (κ2) is 18.3. The number of carbonyl (C=O) groups is 3. The molecule has 0 saturated carbocycles. The first-order chi connectivity index (χ1) is 22.4. The van der Waals surface area contributed by atoms with Gasteiger partial charge >= 0.3 is 11.9 Å². The summed E-state index contributed by atoms with van der Waals surface area (Å²) in [6.07, 6.45) is 5.81. The van der Waals surface area contributed by atoms with Crippen molar-refractivity contribution in [1.29, 1.82) is 0 Å². The zero-order valence-electron chi connectivity index (χ0n) is 26.0. The van der Waals surface area contributed by atoms with Crippen LogP contribution in [0, 0.1) is 0 Å². The summed E-state index contributed by atoms with van der Waals surface area (Å²) in [4.78, 5) is 38.8. The van der Waals surface area contributed by atoms with E-state index in [0.717, 1.165) is 24.3 Å². The Morgan fingerprint density at radius 2 is 1.39 bits per heavy atom. The van der Waals surface area contributed by atoms with Crippen molar-refractivity contribution in [2.75, 3.05) is 17.9 Å². The minimum absolute atomic E-state index is 0.0757. The Balaban J connectivity index is 1.27. The largest absolute Gasteiger partial charge is 0.494 e. The molecule has 0 heterocycles. The van der Waals surface area contributed by atoms with E-state index >= 15 is 0 Å². The molecule has 1 amide bonds. The number of unbranched alkanes of at least 4 members (excludes halogenated alkanes) is 4. The minimum Gasteiger partial charge on any atom is -0.494 e. The van der Waals surface area contributed by atoms with Gasteiger partial charge in [0, 0.05) is 23.5 Å². The van der Waals surface area contributed by atoms with Crippen LogP contribution in [0.3, 0.4) is 0 Å². The first-order valence-electron chi connectivity index (χ1n) is 15.5. The molecule has 0 aliphatic heterocycles. The van der Waals surface area contributed by atoms with Gasteiger partial charge in [-0.25, -0.2) is 4.79 Å². The SMILES string of the molecule is CCCCCCCOc1ccc(C(=O)Oc2ccc(CN(CC(=O)O)C(=O)c3ccc(NSCc4ccccc4)cc3)cc2)cc1. The molecule has 9 heteroatoms. The molecule has 240 valence electrons. The molecule has 0 bridgehead atoms. The Morgan fingerprint density at radius 1 is 0.739 bits per heavy atom. The maximum absolute atomic E-state index is 13.3. The number of esters is 1. The average molecular weight is 641 g/mol. The lowest BCUT2D eigenvalue weighted by atomic mass is 10.1. The summed E-state index contributed by atoms with van der Waals surface area (Å²) in [7, 11) is 0. The molecule has 0 radical (unpaired) electrons. The number of anilines is 1. The highest BCUT2D eigenvalue weighted by Gasteiger charge is 2.19. The summed E-state index contributed by atoms with van der Waals surface area (Å²) in [5.41, 5.74) is 3.51. The van der Waals surface area contributed by atoms with Gasteiger partial charge in [-0.15, -0.1) is 0 Å². The molecule has 0 saturated heterocycles. The van der Waals surface area contributed by atoms with Crippen molar-refractivity contribution in [2.45, 2.75) is 51.3 Å². The minimum atomic E-state index is -1.11. The second-order valence-corrected chi connectivity index (χ2v) is 11.6. The maximum Gasteiger partial charge on any atom is 0.343 e. The number of nitrogens with one attached hydrogen (secondary N) is 1. The molecule has 0 unspecified atom stereocenters. The number of carboxylic acid groups (broad SMARTS) is 1. The van der Waals surface area contributed by atoms with E-state index in [2.05, 4.69) is 23.8 Å². The van der Waals surface area contributed by atoms with Crippen LogP contribution in [-0.2, 0) is 17.1 Å². The third-order valence-corrected chi connectivity index (χ3v) is 7.99. The van der Waals surface area contributed by atoms with Crippen LogP contribution < -0.4 is 14.2 Å². The van der Waals surface area contributed by atoms with E-state index in [4.69, 9.17) is 9.47 Å². The number of aliphatic carboxylic acids is 1. The zero-order chi connectivity index (χ0) is 32.6. The van der Waals surface area contributed by atoms with E-state index < -0.39 is 24.4 Å². The number of benzene rings is 4. The zero-order valence-corrected chi connectivity index (χ0v) is 26.8. The Labute approximate surface area is 274 Å². The molecule has 0 fully saturated rings. The quantitative estimate of drug-likeness (QED) is 0.0485. The topological polar surface area (TPSA) is 105 Å². The average Bonchev–Trinajstić information content (AvgIpc) is 3.07.